The summed E-state index contributed by atoms with van der Waals surface area (Å²) in [4.78, 5) is 17.2. The third-order valence-electron chi connectivity index (χ3n) is 4.63. The van der Waals surface area contributed by atoms with E-state index in [2.05, 4.69) is 15.4 Å². The molecule has 2 heterocycles. The molecule has 0 aliphatic heterocycles. The van der Waals surface area contributed by atoms with Crippen LogP contribution in [0.2, 0.25) is 10.0 Å². The first-order valence-electron chi connectivity index (χ1n) is 9.63. The number of rotatable bonds is 7. The lowest BCUT2D eigenvalue weighted by Crippen LogP contribution is -2.16. The first kappa shape index (κ1) is 22.7. The van der Waals surface area contributed by atoms with Crippen LogP contribution in [0.1, 0.15) is 18.5 Å². The summed E-state index contributed by atoms with van der Waals surface area (Å²) in [6, 6.07) is 13.2. The molecule has 0 aliphatic rings. The number of fused-ring (bicyclic) bond motifs is 1. The Bertz CT molecular complexity index is 1400. The molecule has 2 aromatic heterocycles. The van der Waals surface area contributed by atoms with Crippen LogP contribution in [0, 0.1) is 6.92 Å². The molecule has 0 unspecified atom stereocenters. The molecule has 0 radical (unpaired) electrons. The normalized spacial score (nSPS) is 11.7. The summed E-state index contributed by atoms with van der Waals surface area (Å²) in [5, 5.41) is 8.81. The van der Waals surface area contributed by atoms with E-state index in [0.717, 1.165) is 4.70 Å². The maximum Gasteiger partial charge on any atom is 0.225 e. The van der Waals surface area contributed by atoms with E-state index in [9.17, 15) is 13.2 Å². The highest BCUT2D eigenvalue weighted by molar-refractivity contribution is 7.91. The summed E-state index contributed by atoms with van der Waals surface area (Å²) in [5.41, 5.74) is 1.38. The number of nitrogens with zero attached hydrogens (tertiary/aromatic N) is 3. The molecule has 0 spiro atoms. The Kier molecular flexibility index (Phi) is 6.52. The lowest BCUT2D eigenvalue weighted by Gasteiger charge is -2.07. The van der Waals surface area contributed by atoms with Crippen LogP contribution in [0.5, 0.6) is 0 Å². The Labute approximate surface area is 198 Å². The van der Waals surface area contributed by atoms with E-state index in [1.807, 2.05) is 19.1 Å². The fraction of sp³-hybridized carbons (Fsp3) is 0.190. The van der Waals surface area contributed by atoms with Crippen LogP contribution in [-0.4, -0.2) is 34.8 Å². The van der Waals surface area contributed by atoms with Crippen LogP contribution >= 0.6 is 34.5 Å². The van der Waals surface area contributed by atoms with Gasteiger partial charge >= 0.3 is 0 Å². The number of anilines is 1. The van der Waals surface area contributed by atoms with E-state index in [4.69, 9.17) is 23.2 Å². The molecule has 1 amide bonds. The zero-order valence-electron chi connectivity index (χ0n) is 16.9. The molecule has 166 valence electrons. The predicted molar refractivity (Wildman–Crippen MR) is 128 cm³/mol. The summed E-state index contributed by atoms with van der Waals surface area (Å²) in [7, 11) is -3.49. The minimum absolute atomic E-state index is 0.0444. The molecule has 0 fully saturated rings. The summed E-state index contributed by atoms with van der Waals surface area (Å²) in [6.07, 6.45) is 0.226. The van der Waals surface area contributed by atoms with Crippen LogP contribution in [0.25, 0.3) is 15.3 Å². The molecule has 0 saturated heterocycles. The smallest absolute Gasteiger partial charge is 0.225 e. The standard InChI is InChI=1S/C21H18Cl2N4O3S2/c1-13-12-18(27(26-13)21-25-20-16(23)4-2-5-17(20)31-21)24-19(28)6-3-11-32(29,30)15-9-7-14(22)8-10-15/h2,4-5,7-10,12H,3,6,11H2,1H3,(H,24,28). The fourth-order valence-corrected chi connectivity index (χ4v) is 5.78. The zero-order valence-corrected chi connectivity index (χ0v) is 20.0. The van der Waals surface area contributed by atoms with E-state index in [0.29, 0.717) is 32.2 Å². The third kappa shape index (κ3) is 4.96. The van der Waals surface area contributed by atoms with Crippen molar-refractivity contribution in [2.45, 2.75) is 24.7 Å². The fourth-order valence-electron chi connectivity index (χ4n) is 3.12. The van der Waals surface area contributed by atoms with Crippen LogP contribution in [0.4, 0.5) is 5.82 Å². The number of halogens is 2. The number of hydrogen-bond donors (Lipinski definition) is 1. The topological polar surface area (TPSA) is 94.0 Å². The number of thiazole rings is 1. The number of aryl methyl sites for hydroxylation is 1. The largest absolute Gasteiger partial charge is 0.311 e. The Morgan fingerprint density at radius 3 is 2.62 bits per heavy atom. The molecule has 7 nitrogen and oxygen atoms in total. The van der Waals surface area contributed by atoms with Gasteiger partial charge in [-0.25, -0.2) is 13.4 Å². The van der Waals surface area contributed by atoms with E-state index < -0.39 is 9.84 Å². The molecule has 1 N–H and O–H groups in total. The highest BCUT2D eigenvalue weighted by Gasteiger charge is 2.18. The number of aromatic nitrogens is 3. The van der Waals surface area contributed by atoms with Gasteiger partial charge in [-0.15, -0.1) is 0 Å². The third-order valence-corrected chi connectivity index (χ3v) is 8.00. The van der Waals surface area contributed by atoms with Crippen molar-refractivity contribution in [2.24, 2.45) is 0 Å². The van der Waals surface area contributed by atoms with Crippen LogP contribution in [-0.2, 0) is 14.6 Å². The van der Waals surface area contributed by atoms with E-state index >= 15 is 0 Å². The minimum Gasteiger partial charge on any atom is -0.311 e. The highest BCUT2D eigenvalue weighted by Crippen LogP contribution is 2.31. The van der Waals surface area contributed by atoms with Crippen molar-refractivity contribution < 1.29 is 13.2 Å². The maximum absolute atomic E-state index is 12.5. The molecule has 0 atom stereocenters. The van der Waals surface area contributed by atoms with Gasteiger partial charge in [-0.2, -0.15) is 9.78 Å². The van der Waals surface area contributed by atoms with E-state index in [1.54, 1.807) is 16.8 Å². The van der Waals surface area contributed by atoms with Crippen molar-refractivity contribution >= 4 is 66.3 Å². The van der Waals surface area contributed by atoms with Crippen molar-refractivity contribution in [2.75, 3.05) is 11.1 Å². The summed E-state index contributed by atoms with van der Waals surface area (Å²) in [5.74, 6) is 0.0105. The van der Waals surface area contributed by atoms with Crippen LogP contribution in [0.3, 0.4) is 0 Å². The molecular weight excluding hydrogens is 491 g/mol. The number of benzene rings is 2. The van der Waals surface area contributed by atoms with Gasteiger partial charge in [-0.05, 0) is 49.7 Å². The Balaban J connectivity index is 1.44. The number of para-hydroxylation sites is 1. The second-order valence-corrected chi connectivity index (χ2v) is 11.1. The molecule has 11 heteroatoms. The lowest BCUT2D eigenvalue weighted by molar-refractivity contribution is -0.116. The summed E-state index contributed by atoms with van der Waals surface area (Å²) >= 11 is 13.4. The number of amides is 1. The van der Waals surface area contributed by atoms with Crippen molar-refractivity contribution in [1.82, 2.24) is 14.8 Å². The number of carbonyl (C=O) groups excluding carboxylic acids is 1. The molecule has 32 heavy (non-hydrogen) atoms. The quantitative estimate of drug-likeness (QED) is 0.366. The number of nitrogens with one attached hydrogen (secondary N) is 1. The second-order valence-electron chi connectivity index (χ2n) is 7.09. The molecule has 0 saturated carbocycles. The van der Waals surface area contributed by atoms with Gasteiger partial charge in [0, 0.05) is 17.5 Å². The first-order valence-corrected chi connectivity index (χ1v) is 12.9. The average molecular weight is 509 g/mol. The molecule has 4 aromatic rings. The SMILES string of the molecule is Cc1cc(NC(=O)CCCS(=O)(=O)c2ccc(Cl)cc2)n(-c2nc3c(Cl)cccc3s2)n1. The maximum atomic E-state index is 12.5. The number of hydrogen-bond acceptors (Lipinski definition) is 6. The van der Waals surface area contributed by atoms with Crippen molar-refractivity contribution in [3.05, 3.63) is 64.3 Å². The van der Waals surface area contributed by atoms with Crippen molar-refractivity contribution in [3.63, 3.8) is 0 Å². The van der Waals surface area contributed by atoms with Gasteiger partial charge in [0.05, 0.1) is 26.1 Å². The zero-order chi connectivity index (χ0) is 22.9. The van der Waals surface area contributed by atoms with Gasteiger partial charge in [-0.1, -0.05) is 40.6 Å². The Morgan fingerprint density at radius 1 is 1.16 bits per heavy atom. The molecule has 4 rings (SSSR count). The Hall–Kier alpha value is -2.46. The van der Waals surface area contributed by atoms with Crippen LogP contribution < -0.4 is 5.32 Å². The number of sulfone groups is 1. The molecule has 0 aliphatic carbocycles. The monoisotopic (exact) mass is 508 g/mol. The molecular formula is C21H18Cl2N4O3S2. The van der Waals surface area contributed by atoms with Crippen LogP contribution in [0.15, 0.2) is 53.4 Å². The summed E-state index contributed by atoms with van der Waals surface area (Å²) < 4.78 is 27.3. The number of carbonyl (C=O) groups is 1. The Morgan fingerprint density at radius 2 is 1.91 bits per heavy atom. The van der Waals surface area contributed by atoms with Gasteiger partial charge in [0.2, 0.25) is 11.0 Å². The molecule has 2 aromatic carbocycles. The van der Waals surface area contributed by atoms with Gasteiger partial charge in [0.1, 0.15) is 11.3 Å². The van der Waals surface area contributed by atoms with E-state index in [-0.39, 0.29) is 29.4 Å². The predicted octanol–water partition coefficient (Wildman–Crippen LogP) is 5.29. The van der Waals surface area contributed by atoms with Crippen molar-refractivity contribution in [3.8, 4) is 5.13 Å². The second kappa shape index (κ2) is 9.19. The van der Waals surface area contributed by atoms with Crippen molar-refractivity contribution in [1.29, 1.82) is 0 Å². The first-order chi connectivity index (χ1) is 15.2. The highest BCUT2D eigenvalue weighted by atomic mass is 35.5. The lowest BCUT2D eigenvalue weighted by atomic mass is 10.3. The van der Waals surface area contributed by atoms with Gasteiger partial charge in [0.15, 0.2) is 9.84 Å². The van der Waals surface area contributed by atoms with Gasteiger partial charge < -0.3 is 5.32 Å². The van der Waals surface area contributed by atoms with Gasteiger partial charge in [0.25, 0.3) is 0 Å². The van der Waals surface area contributed by atoms with Gasteiger partial charge in [-0.3, -0.25) is 4.79 Å². The minimum atomic E-state index is -3.49. The molecule has 0 bridgehead atoms. The average Bonchev–Trinajstić information content (AvgIpc) is 3.32. The van der Waals surface area contributed by atoms with E-state index in [1.165, 1.54) is 35.6 Å². The summed E-state index contributed by atoms with van der Waals surface area (Å²) in [6.45, 7) is 1.81.